The number of rotatable bonds is 4. The first-order valence-corrected chi connectivity index (χ1v) is 12.5. The topological polar surface area (TPSA) is 41.4 Å². The molecule has 0 N–H and O–H groups in total. The van der Waals surface area contributed by atoms with Crippen molar-refractivity contribution >= 4 is 45.8 Å². The van der Waals surface area contributed by atoms with Crippen LogP contribution in [0, 0.1) is 6.92 Å². The molecule has 0 fully saturated rings. The maximum atomic E-state index is 6.36. The first-order valence-electron chi connectivity index (χ1n) is 11.8. The van der Waals surface area contributed by atoms with E-state index in [1.807, 2.05) is 65.7 Å². The zero-order valence-electron chi connectivity index (χ0n) is 19.6. The maximum Gasteiger partial charge on any atom is 0.247 e. The predicted molar refractivity (Wildman–Crippen MR) is 149 cm³/mol. The van der Waals surface area contributed by atoms with Crippen molar-refractivity contribution in [3.8, 4) is 11.3 Å². The lowest BCUT2D eigenvalue weighted by atomic mass is 9.98. The van der Waals surface area contributed by atoms with Crippen molar-refractivity contribution < 1.29 is 0 Å². The van der Waals surface area contributed by atoms with E-state index in [1.54, 1.807) is 0 Å². The molecule has 2 heterocycles. The van der Waals surface area contributed by atoms with Crippen LogP contribution < -0.4 is 5.01 Å². The zero-order valence-corrected chi connectivity index (χ0v) is 21.1. The van der Waals surface area contributed by atoms with Gasteiger partial charge in [-0.2, -0.15) is 5.10 Å². The minimum atomic E-state index is -0.0637. The van der Waals surface area contributed by atoms with Gasteiger partial charge in [-0.05, 0) is 48.4 Å². The van der Waals surface area contributed by atoms with Gasteiger partial charge in [-0.15, -0.1) is 0 Å². The number of hydrazone groups is 1. The van der Waals surface area contributed by atoms with Gasteiger partial charge in [0.15, 0.2) is 0 Å². The normalized spacial score (nSPS) is 15.4. The van der Waals surface area contributed by atoms with Crippen molar-refractivity contribution in [2.75, 3.05) is 5.01 Å². The third-order valence-corrected chi connectivity index (χ3v) is 6.90. The molecular weight excluding hydrogens is 487 g/mol. The Bertz CT molecular complexity index is 1600. The molecule has 0 aliphatic carbocycles. The van der Waals surface area contributed by atoms with Crippen molar-refractivity contribution in [3.63, 3.8) is 0 Å². The minimum absolute atomic E-state index is 0.0637. The van der Waals surface area contributed by atoms with Gasteiger partial charge in [0.2, 0.25) is 5.95 Å². The van der Waals surface area contributed by atoms with E-state index in [4.69, 9.17) is 38.3 Å². The Balaban J connectivity index is 1.54. The molecule has 176 valence electrons. The van der Waals surface area contributed by atoms with E-state index < -0.39 is 0 Å². The molecule has 0 saturated carbocycles. The summed E-state index contributed by atoms with van der Waals surface area (Å²) >= 11 is 12.6. The number of aryl methyl sites for hydroxylation is 1. The first kappa shape index (κ1) is 22.7. The van der Waals surface area contributed by atoms with Crippen molar-refractivity contribution in [3.05, 3.63) is 124 Å². The lowest BCUT2D eigenvalue weighted by molar-refractivity contribution is 0.689. The Hall–Kier alpha value is -3.73. The highest BCUT2D eigenvalue weighted by Crippen LogP contribution is 2.38. The van der Waals surface area contributed by atoms with Crippen LogP contribution in [0.5, 0.6) is 0 Å². The van der Waals surface area contributed by atoms with Crippen LogP contribution >= 0.6 is 23.2 Å². The number of halogens is 2. The summed E-state index contributed by atoms with van der Waals surface area (Å²) in [5.41, 5.74) is 7.05. The molecule has 0 bridgehead atoms. The number of benzene rings is 4. The molecule has 0 amide bonds. The first-order chi connectivity index (χ1) is 17.5. The molecule has 1 atom stereocenters. The molecule has 1 unspecified atom stereocenters. The van der Waals surface area contributed by atoms with Gasteiger partial charge >= 0.3 is 0 Å². The van der Waals surface area contributed by atoms with Crippen molar-refractivity contribution in [1.29, 1.82) is 0 Å². The summed E-state index contributed by atoms with van der Waals surface area (Å²) in [7, 11) is 0. The molecule has 4 nitrogen and oxygen atoms in total. The largest absolute Gasteiger partial charge is 0.247 e. The summed E-state index contributed by atoms with van der Waals surface area (Å²) in [5, 5.41) is 9.28. The second kappa shape index (κ2) is 9.38. The number of anilines is 1. The molecule has 0 radical (unpaired) electrons. The van der Waals surface area contributed by atoms with Gasteiger partial charge in [-0.3, -0.25) is 0 Å². The summed E-state index contributed by atoms with van der Waals surface area (Å²) in [6.45, 7) is 2.09. The molecule has 6 rings (SSSR count). The van der Waals surface area contributed by atoms with E-state index in [0.717, 1.165) is 45.4 Å². The third kappa shape index (κ3) is 4.34. The van der Waals surface area contributed by atoms with Crippen LogP contribution in [0.1, 0.15) is 29.2 Å². The average Bonchev–Trinajstić information content (AvgIpc) is 3.35. The van der Waals surface area contributed by atoms with Crippen LogP contribution in [-0.4, -0.2) is 15.7 Å². The second-order valence-corrected chi connectivity index (χ2v) is 9.80. The lowest BCUT2D eigenvalue weighted by Gasteiger charge is -2.23. The van der Waals surface area contributed by atoms with Gasteiger partial charge in [0.25, 0.3) is 0 Å². The molecule has 1 aromatic heterocycles. The Morgan fingerprint density at radius 1 is 0.750 bits per heavy atom. The van der Waals surface area contributed by atoms with Gasteiger partial charge in [0.1, 0.15) is 0 Å². The molecule has 1 aliphatic heterocycles. The van der Waals surface area contributed by atoms with Crippen LogP contribution in [0.25, 0.3) is 22.2 Å². The standard InChI is InChI=1S/C30H22Cl2N4/c1-19-6-5-9-22(16-19)27-18-28(20-10-12-23(31)13-11-20)36(35-27)30-33-26-15-14-24(32)17-25(26)29(34-30)21-7-3-2-4-8-21/h2-17,28H,18H2,1H3. The molecule has 0 saturated heterocycles. The summed E-state index contributed by atoms with van der Waals surface area (Å²) in [6, 6.07) is 32.1. The minimum Gasteiger partial charge on any atom is -0.223 e. The average molecular weight is 509 g/mol. The fraction of sp³-hybridized carbons (Fsp3) is 0.100. The van der Waals surface area contributed by atoms with Gasteiger partial charge in [0.05, 0.1) is 23.0 Å². The number of hydrogen-bond acceptors (Lipinski definition) is 4. The van der Waals surface area contributed by atoms with E-state index in [9.17, 15) is 0 Å². The molecular formula is C30H22Cl2N4. The van der Waals surface area contributed by atoms with Crippen molar-refractivity contribution in [2.45, 2.75) is 19.4 Å². The summed E-state index contributed by atoms with van der Waals surface area (Å²) in [5.74, 6) is 0.547. The van der Waals surface area contributed by atoms with Crippen LogP contribution in [0.2, 0.25) is 10.0 Å². The molecule has 4 aromatic carbocycles. The fourth-order valence-corrected chi connectivity index (χ4v) is 4.94. The van der Waals surface area contributed by atoms with E-state index in [0.29, 0.717) is 16.0 Å². The predicted octanol–water partition coefficient (Wildman–Crippen LogP) is 8.27. The van der Waals surface area contributed by atoms with Gasteiger partial charge in [-0.1, -0.05) is 95.5 Å². The van der Waals surface area contributed by atoms with Crippen LogP contribution in [0.15, 0.2) is 102 Å². The van der Waals surface area contributed by atoms with Crippen LogP contribution in [-0.2, 0) is 0 Å². The molecule has 36 heavy (non-hydrogen) atoms. The highest BCUT2D eigenvalue weighted by molar-refractivity contribution is 6.31. The zero-order chi connectivity index (χ0) is 24.6. The van der Waals surface area contributed by atoms with E-state index >= 15 is 0 Å². The lowest BCUT2D eigenvalue weighted by Crippen LogP contribution is -2.21. The summed E-state index contributed by atoms with van der Waals surface area (Å²) < 4.78 is 0. The van der Waals surface area contributed by atoms with E-state index in [2.05, 4.69) is 43.3 Å². The monoisotopic (exact) mass is 508 g/mol. The summed E-state index contributed by atoms with van der Waals surface area (Å²) in [6.07, 6.45) is 0.730. The number of hydrogen-bond donors (Lipinski definition) is 0. The SMILES string of the molecule is Cc1cccc(C2=NN(c3nc(-c4ccccc4)c4cc(Cl)ccc4n3)C(c3ccc(Cl)cc3)C2)c1. The maximum absolute atomic E-state index is 6.36. The fourth-order valence-electron chi connectivity index (χ4n) is 4.65. The molecule has 1 aliphatic rings. The molecule has 0 spiro atoms. The highest BCUT2D eigenvalue weighted by atomic mass is 35.5. The number of aromatic nitrogens is 2. The van der Waals surface area contributed by atoms with Gasteiger partial charge < -0.3 is 0 Å². The van der Waals surface area contributed by atoms with Crippen molar-refractivity contribution in [2.24, 2.45) is 5.10 Å². The Kier molecular flexibility index (Phi) is 5.92. The second-order valence-electron chi connectivity index (χ2n) is 8.93. The Morgan fingerprint density at radius 3 is 2.28 bits per heavy atom. The molecule has 5 aromatic rings. The van der Waals surface area contributed by atoms with Crippen molar-refractivity contribution in [1.82, 2.24) is 9.97 Å². The van der Waals surface area contributed by atoms with Crippen LogP contribution in [0.4, 0.5) is 5.95 Å². The van der Waals surface area contributed by atoms with E-state index in [1.165, 1.54) is 5.56 Å². The highest BCUT2D eigenvalue weighted by Gasteiger charge is 2.32. The third-order valence-electron chi connectivity index (χ3n) is 6.41. The quantitative estimate of drug-likeness (QED) is 0.245. The Morgan fingerprint density at radius 2 is 1.50 bits per heavy atom. The summed E-state index contributed by atoms with van der Waals surface area (Å²) in [4.78, 5) is 10.0. The number of fused-ring (bicyclic) bond motifs is 1. The van der Waals surface area contributed by atoms with Crippen LogP contribution in [0.3, 0.4) is 0 Å². The Labute approximate surface area is 219 Å². The van der Waals surface area contributed by atoms with Gasteiger partial charge in [0, 0.05) is 27.4 Å². The van der Waals surface area contributed by atoms with E-state index in [-0.39, 0.29) is 6.04 Å². The van der Waals surface area contributed by atoms with Gasteiger partial charge in [-0.25, -0.2) is 15.0 Å². The molecule has 6 heteroatoms. The number of nitrogens with zero attached hydrogens (tertiary/aromatic N) is 4. The smallest absolute Gasteiger partial charge is 0.223 e.